The Morgan fingerprint density at radius 2 is 2.04 bits per heavy atom. The second-order valence-electron chi connectivity index (χ2n) is 7.31. The van der Waals surface area contributed by atoms with E-state index in [2.05, 4.69) is 30.5 Å². The van der Waals surface area contributed by atoms with Crippen molar-refractivity contribution in [2.24, 2.45) is 0 Å². The number of alkyl halides is 1. The molecular weight excluding hydrogens is 392 g/mol. The normalized spacial score (nSPS) is 17.1. The van der Waals surface area contributed by atoms with E-state index in [0.717, 1.165) is 18.4 Å². The fourth-order valence-corrected chi connectivity index (χ4v) is 4.89. The molecule has 4 nitrogen and oxygen atoms in total. The Balaban J connectivity index is 1.94. The van der Waals surface area contributed by atoms with Gasteiger partial charge in [-0.2, -0.15) is 0 Å². The van der Waals surface area contributed by atoms with Gasteiger partial charge in [0.15, 0.2) is 0 Å². The predicted octanol–water partition coefficient (Wildman–Crippen LogP) is 4.40. The van der Waals surface area contributed by atoms with E-state index >= 15 is 0 Å². The van der Waals surface area contributed by atoms with Gasteiger partial charge in [-0.3, -0.25) is 9.59 Å². The summed E-state index contributed by atoms with van der Waals surface area (Å²) in [6.45, 7) is 6.79. The van der Waals surface area contributed by atoms with Gasteiger partial charge in [-0.05, 0) is 54.8 Å². The Morgan fingerprint density at radius 3 is 2.71 bits per heavy atom. The summed E-state index contributed by atoms with van der Waals surface area (Å²) < 4.78 is 0. The van der Waals surface area contributed by atoms with E-state index in [1.54, 1.807) is 16.2 Å². The van der Waals surface area contributed by atoms with E-state index in [9.17, 15) is 9.59 Å². The second kappa shape index (κ2) is 9.10. The average Bonchev–Trinajstić information content (AvgIpc) is 3.19. The molecule has 2 unspecified atom stereocenters. The minimum Gasteiger partial charge on any atom is -0.330 e. The molecule has 0 N–H and O–H groups in total. The minimum absolute atomic E-state index is 0.0198. The molecule has 0 spiro atoms. The lowest BCUT2D eigenvalue weighted by atomic mass is 9.90. The molecule has 1 aromatic carbocycles. The van der Waals surface area contributed by atoms with E-state index in [-0.39, 0.29) is 36.3 Å². The van der Waals surface area contributed by atoms with Crippen molar-refractivity contribution in [3.8, 4) is 0 Å². The standard InChI is InChI=1S/C22H27ClN2O2S/c1-4-16(3)25(20(26)13-23)14-21(27)24-11-9-19-18(10-12-28-19)22(24)17-8-6-5-7-15(17)2/h5-8,10,12,16,22H,4,9,11,13-14H2,1-3H3. The number of benzene rings is 1. The van der Waals surface area contributed by atoms with Crippen LogP contribution in [0.2, 0.25) is 0 Å². The zero-order valence-electron chi connectivity index (χ0n) is 16.7. The first-order valence-electron chi connectivity index (χ1n) is 9.74. The highest BCUT2D eigenvalue weighted by Gasteiger charge is 2.35. The average molecular weight is 419 g/mol. The largest absolute Gasteiger partial charge is 0.330 e. The summed E-state index contributed by atoms with van der Waals surface area (Å²) >= 11 is 7.55. The van der Waals surface area contributed by atoms with Gasteiger partial charge in [0.1, 0.15) is 12.4 Å². The number of aryl methyl sites for hydroxylation is 1. The molecular formula is C22H27ClN2O2S. The first-order valence-corrected chi connectivity index (χ1v) is 11.2. The van der Waals surface area contributed by atoms with Crippen molar-refractivity contribution in [2.45, 2.75) is 45.7 Å². The van der Waals surface area contributed by atoms with E-state index in [4.69, 9.17) is 11.6 Å². The molecule has 0 radical (unpaired) electrons. The summed E-state index contributed by atoms with van der Waals surface area (Å²) in [5.41, 5.74) is 3.52. The number of nitrogens with zero attached hydrogens (tertiary/aromatic N) is 2. The summed E-state index contributed by atoms with van der Waals surface area (Å²) in [7, 11) is 0. The molecule has 0 saturated carbocycles. The van der Waals surface area contributed by atoms with Gasteiger partial charge < -0.3 is 9.80 Å². The molecule has 1 aliphatic rings. The van der Waals surface area contributed by atoms with Gasteiger partial charge in [-0.1, -0.05) is 31.2 Å². The predicted molar refractivity (Wildman–Crippen MR) is 115 cm³/mol. The van der Waals surface area contributed by atoms with Crippen LogP contribution < -0.4 is 0 Å². The lowest BCUT2D eigenvalue weighted by Gasteiger charge is -2.39. The third-order valence-corrected chi connectivity index (χ3v) is 6.86. The zero-order valence-corrected chi connectivity index (χ0v) is 18.2. The van der Waals surface area contributed by atoms with Crippen LogP contribution >= 0.6 is 22.9 Å². The third kappa shape index (κ3) is 4.11. The molecule has 28 heavy (non-hydrogen) atoms. The summed E-state index contributed by atoms with van der Waals surface area (Å²) in [6, 6.07) is 10.2. The fraction of sp³-hybridized carbons (Fsp3) is 0.455. The van der Waals surface area contributed by atoms with Crippen molar-refractivity contribution >= 4 is 34.8 Å². The fourth-order valence-electron chi connectivity index (χ4n) is 3.84. The van der Waals surface area contributed by atoms with Gasteiger partial charge in [0.2, 0.25) is 11.8 Å². The van der Waals surface area contributed by atoms with Crippen LogP contribution in [0.5, 0.6) is 0 Å². The van der Waals surface area contributed by atoms with Crippen LogP contribution in [0.4, 0.5) is 0 Å². The van der Waals surface area contributed by atoms with Crippen molar-refractivity contribution in [3.63, 3.8) is 0 Å². The quantitative estimate of drug-likeness (QED) is 0.652. The molecule has 2 aromatic rings. The van der Waals surface area contributed by atoms with Gasteiger partial charge in [-0.15, -0.1) is 22.9 Å². The molecule has 2 amide bonds. The SMILES string of the molecule is CCC(C)N(CC(=O)N1CCc2sccc2C1c1ccccc1C)C(=O)CCl. The molecule has 150 valence electrons. The smallest absolute Gasteiger partial charge is 0.243 e. The number of hydrogen-bond acceptors (Lipinski definition) is 3. The first kappa shape index (κ1) is 20.9. The maximum atomic E-state index is 13.4. The summed E-state index contributed by atoms with van der Waals surface area (Å²) in [5, 5.41) is 2.10. The number of fused-ring (bicyclic) bond motifs is 1. The van der Waals surface area contributed by atoms with Crippen molar-refractivity contribution in [3.05, 3.63) is 57.3 Å². The van der Waals surface area contributed by atoms with Gasteiger partial charge in [-0.25, -0.2) is 0 Å². The van der Waals surface area contributed by atoms with E-state index in [0.29, 0.717) is 6.54 Å². The summed E-state index contributed by atoms with van der Waals surface area (Å²) in [5.74, 6) is -0.318. The zero-order chi connectivity index (χ0) is 20.3. The number of carbonyl (C=O) groups excluding carboxylic acids is 2. The van der Waals surface area contributed by atoms with E-state index in [1.807, 2.05) is 30.9 Å². The minimum atomic E-state index is -0.190. The van der Waals surface area contributed by atoms with Crippen LogP contribution in [0.15, 0.2) is 35.7 Å². The van der Waals surface area contributed by atoms with Crippen LogP contribution in [0, 0.1) is 6.92 Å². The Bertz CT molecular complexity index is 851. The third-order valence-electron chi connectivity index (χ3n) is 5.63. The van der Waals surface area contributed by atoms with Crippen LogP contribution in [0.3, 0.4) is 0 Å². The summed E-state index contributed by atoms with van der Waals surface area (Å²) in [6.07, 6.45) is 1.64. The molecule has 1 aliphatic heterocycles. The molecule has 3 rings (SSSR count). The highest BCUT2D eigenvalue weighted by atomic mass is 35.5. The second-order valence-corrected chi connectivity index (χ2v) is 8.58. The van der Waals surface area contributed by atoms with E-state index in [1.165, 1.54) is 16.0 Å². The van der Waals surface area contributed by atoms with Crippen molar-refractivity contribution in [1.82, 2.24) is 9.80 Å². The molecule has 0 saturated heterocycles. The van der Waals surface area contributed by atoms with Gasteiger partial charge in [0.25, 0.3) is 0 Å². The Hall–Kier alpha value is -1.85. The Morgan fingerprint density at radius 1 is 1.29 bits per heavy atom. The van der Waals surface area contributed by atoms with Crippen LogP contribution in [-0.4, -0.2) is 46.6 Å². The highest BCUT2D eigenvalue weighted by molar-refractivity contribution is 7.10. The highest BCUT2D eigenvalue weighted by Crippen LogP contribution is 2.39. The number of carbonyl (C=O) groups is 2. The lowest BCUT2D eigenvalue weighted by molar-refractivity contribution is -0.142. The molecule has 0 bridgehead atoms. The van der Waals surface area contributed by atoms with Crippen LogP contribution in [-0.2, 0) is 16.0 Å². The van der Waals surface area contributed by atoms with Gasteiger partial charge >= 0.3 is 0 Å². The topological polar surface area (TPSA) is 40.6 Å². The Kier molecular flexibility index (Phi) is 6.78. The monoisotopic (exact) mass is 418 g/mol. The number of hydrogen-bond donors (Lipinski definition) is 0. The molecule has 6 heteroatoms. The first-order chi connectivity index (χ1) is 13.5. The maximum Gasteiger partial charge on any atom is 0.243 e. The van der Waals surface area contributed by atoms with Crippen molar-refractivity contribution in [1.29, 1.82) is 0 Å². The number of thiophene rings is 1. The van der Waals surface area contributed by atoms with Crippen LogP contribution in [0.25, 0.3) is 0 Å². The van der Waals surface area contributed by atoms with E-state index < -0.39 is 0 Å². The molecule has 0 fully saturated rings. The number of rotatable bonds is 6. The lowest BCUT2D eigenvalue weighted by Crippen LogP contribution is -2.49. The van der Waals surface area contributed by atoms with Gasteiger partial charge in [0, 0.05) is 17.5 Å². The van der Waals surface area contributed by atoms with Gasteiger partial charge in [0.05, 0.1) is 6.04 Å². The van der Waals surface area contributed by atoms with Crippen molar-refractivity contribution < 1.29 is 9.59 Å². The molecule has 0 aliphatic carbocycles. The Labute approximate surface area is 176 Å². The molecule has 2 atom stereocenters. The van der Waals surface area contributed by atoms with Crippen LogP contribution in [0.1, 0.15) is 47.9 Å². The van der Waals surface area contributed by atoms with Crippen molar-refractivity contribution in [2.75, 3.05) is 19.0 Å². The molecule has 1 aromatic heterocycles. The summed E-state index contributed by atoms with van der Waals surface area (Å²) in [4.78, 5) is 30.6. The number of halogens is 1. The number of amides is 2. The molecule has 2 heterocycles. The maximum absolute atomic E-state index is 13.4.